The van der Waals surface area contributed by atoms with Crippen LogP contribution < -0.4 is 4.72 Å². The molecular weight excluding hydrogens is 352 g/mol. The fourth-order valence-electron chi connectivity index (χ4n) is 2.90. The van der Waals surface area contributed by atoms with E-state index >= 15 is 0 Å². The number of pyridine rings is 1. The van der Waals surface area contributed by atoms with Crippen molar-refractivity contribution in [2.45, 2.75) is 13.3 Å². The Labute approximate surface area is 151 Å². The van der Waals surface area contributed by atoms with Crippen molar-refractivity contribution in [3.63, 3.8) is 0 Å². The maximum atomic E-state index is 12.0. The molecule has 0 spiro atoms. The van der Waals surface area contributed by atoms with Crippen molar-refractivity contribution in [1.29, 1.82) is 0 Å². The van der Waals surface area contributed by atoms with E-state index in [2.05, 4.69) is 14.8 Å². The Bertz CT molecular complexity index is 1120. The van der Waals surface area contributed by atoms with E-state index in [9.17, 15) is 13.8 Å². The van der Waals surface area contributed by atoms with E-state index in [0.717, 1.165) is 27.6 Å². The molecular formula is C18H14N4O3S. The number of carbonyl (C=O) groups excluding carboxylic acids is 2. The molecule has 0 saturated heterocycles. The fraction of sp³-hybridized carbons (Fsp3) is 0.111. The minimum Gasteiger partial charge on any atom is -0.300 e. The van der Waals surface area contributed by atoms with E-state index < -0.39 is 16.9 Å². The number of Topliss-reactive ketones (excluding diaryl/α,β-unsaturated/α-hetero) is 1. The van der Waals surface area contributed by atoms with Gasteiger partial charge in [-0.15, -0.1) is 0 Å². The summed E-state index contributed by atoms with van der Waals surface area (Å²) in [5.41, 5.74) is 3.45. The summed E-state index contributed by atoms with van der Waals surface area (Å²) < 4.78 is 15.8. The molecule has 1 aromatic carbocycles. The minimum atomic E-state index is -1.61. The molecule has 3 heterocycles. The van der Waals surface area contributed by atoms with E-state index in [-0.39, 0.29) is 5.78 Å². The molecule has 0 aliphatic carbocycles. The average Bonchev–Trinajstić information content (AvgIpc) is 3.16. The normalized spacial score (nSPS) is 16.6. The monoisotopic (exact) mass is 366 g/mol. The number of fused-ring (bicyclic) bond motifs is 1. The zero-order valence-corrected chi connectivity index (χ0v) is 14.6. The summed E-state index contributed by atoms with van der Waals surface area (Å²) in [5.74, 6) is -0.311. The smallest absolute Gasteiger partial charge is 0.258 e. The number of hydrogen-bond acceptors (Lipinski definition) is 5. The third kappa shape index (κ3) is 2.95. The van der Waals surface area contributed by atoms with Crippen molar-refractivity contribution in [3.8, 4) is 11.1 Å². The summed E-state index contributed by atoms with van der Waals surface area (Å²) in [6, 6.07) is 7.65. The van der Waals surface area contributed by atoms with Crippen molar-refractivity contribution < 1.29 is 13.8 Å². The Balaban J connectivity index is 1.74. The Hall–Kier alpha value is -3.13. The Morgan fingerprint density at radius 2 is 2.04 bits per heavy atom. The molecule has 1 aliphatic rings. The van der Waals surface area contributed by atoms with Crippen molar-refractivity contribution in [1.82, 2.24) is 19.5 Å². The molecule has 1 N–H and O–H groups in total. The van der Waals surface area contributed by atoms with Gasteiger partial charge in [-0.05, 0) is 36.2 Å². The summed E-state index contributed by atoms with van der Waals surface area (Å²) in [6.45, 7) is 1.55. The highest BCUT2D eigenvalue weighted by molar-refractivity contribution is 7.93. The van der Waals surface area contributed by atoms with Crippen molar-refractivity contribution >= 4 is 38.6 Å². The SMILES string of the molecule is CC(=O)Cc1cncc(-c2ccc3c(cnn3C3=CC(=O)NS3=O)c2)c1. The first kappa shape index (κ1) is 16.3. The van der Waals surface area contributed by atoms with Gasteiger partial charge in [-0.3, -0.25) is 19.3 Å². The Morgan fingerprint density at radius 3 is 2.77 bits per heavy atom. The van der Waals surface area contributed by atoms with Gasteiger partial charge in [-0.1, -0.05) is 6.07 Å². The van der Waals surface area contributed by atoms with Gasteiger partial charge in [0.15, 0.2) is 16.0 Å². The van der Waals surface area contributed by atoms with Gasteiger partial charge >= 0.3 is 0 Å². The van der Waals surface area contributed by atoms with Crippen molar-refractivity contribution in [2.24, 2.45) is 0 Å². The molecule has 1 atom stereocenters. The van der Waals surface area contributed by atoms with Crippen LogP contribution in [-0.4, -0.2) is 30.7 Å². The largest absolute Gasteiger partial charge is 0.300 e. The number of nitrogens with zero attached hydrogens (tertiary/aromatic N) is 3. The zero-order valence-electron chi connectivity index (χ0n) is 13.8. The van der Waals surface area contributed by atoms with Gasteiger partial charge in [-0.2, -0.15) is 5.10 Å². The highest BCUT2D eigenvalue weighted by Gasteiger charge is 2.23. The predicted molar refractivity (Wildman–Crippen MR) is 97.9 cm³/mol. The van der Waals surface area contributed by atoms with Crippen LogP contribution in [0.5, 0.6) is 0 Å². The van der Waals surface area contributed by atoms with Gasteiger partial charge in [0.25, 0.3) is 5.91 Å². The van der Waals surface area contributed by atoms with Gasteiger partial charge in [0.05, 0.1) is 11.7 Å². The standard InChI is InChI=1S/C18H14N4O3S/c1-11(23)4-12-5-14(9-19-8-12)13-2-3-16-15(6-13)10-20-22(16)18-7-17(24)21-26(18)25/h2-3,5-10H,4H2,1H3,(H,21,24). The third-order valence-corrected chi connectivity index (χ3v) is 5.05. The van der Waals surface area contributed by atoms with Gasteiger partial charge < -0.3 is 0 Å². The zero-order chi connectivity index (χ0) is 18.3. The molecule has 4 rings (SSSR count). The van der Waals surface area contributed by atoms with Gasteiger partial charge in [0.1, 0.15) is 5.78 Å². The lowest BCUT2D eigenvalue weighted by Crippen LogP contribution is -2.17. The third-order valence-electron chi connectivity index (χ3n) is 4.00. The number of aromatic nitrogens is 3. The van der Waals surface area contributed by atoms with Crippen LogP contribution in [0.3, 0.4) is 0 Å². The summed E-state index contributed by atoms with van der Waals surface area (Å²) in [7, 11) is -1.61. The number of ketones is 1. The summed E-state index contributed by atoms with van der Waals surface area (Å²) in [4.78, 5) is 26.9. The summed E-state index contributed by atoms with van der Waals surface area (Å²) in [5, 5.41) is 5.41. The molecule has 1 amide bonds. The van der Waals surface area contributed by atoms with Crippen molar-refractivity contribution in [2.75, 3.05) is 0 Å². The van der Waals surface area contributed by atoms with E-state index in [0.29, 0.717) is 11.4 Å². The van der Waals surface area contributed by atoms with Gasteiger partial charge in [0, 0.05) is 35.8 Å². The molecule has 0 fully saturated rings. The summed E-state index contributed by atoms with van der Waals surface area (Å²) >= 11 is 0. The minimum absolute atomic E-state index is 0.0849. The van der Waals surface area contributed by atoms with Gasteiger partial charge in [0.2, 0.25) is 0 Å². The number of hydrogen-bond donors (Lipinski definition) is 1. The number of amides is 1. The molecule has 0 radical (unpaired) electrons. The lowest BCUT2D eigenvalue weighted by Gasteiger charge is -2.06. The van der Waals surface area contributed by atoms with Crippen LogP contribution in [-0.2, 0) is 27.0 Å². The van der Waals surface area contributed by atoms with Crippen LogP contribution in [0.2, 0.25) is 0 Å². The molecule has 26 heavy (non-hydrogen) atoms. The fourth-order valence-corrected chi connectivity index (χ4v) is 3.76. The van der Waals surface area contributed by atoms with Crippen LogP contribution >= 0.6 is 0 Å². The highest BCUT2D eigenvalue weighted by atomic mass is 32.2. The van der Waals surface area contributed by atoms with Crippen LogP contribution in [0, 0.1) is 0 Å². The first-order valence-electron chi connectivity index (χ1n) is 7.87. The van der Waals surface area contributed by atoms with Crippen molar-refractivity contribution in [3.05, 3.63) is 54.5 Å². The Kier molecular flexibility index (Phi) is 3.96. The molecule has 130 valence electrons. The lowest BCUT2D eigenvalue weighted by molar-refractivity contribution is -0.116. The second-order valence-electron chi connectivity index (χ2n) is 6.01. The van der Waals surface area contributed by atoms with E-state index in [1.165, 1.54) is 10.8 Å². The first-order valence-corrected chi connectivity index (χ1v) is 9.02. The summed E-state index contributed by atoms with van der Waals surface area (Å²) in [6.07, 6.45) is 6.72. The highest BCUT2D eigenvalue weighted by Crippen LogP contribution is 2.27. The lowest BCUT2D eigenvalue weighted by atomic mass is 10.0. The number of rotatable bonds is 4. The molecule has 7 nitrogen and oxygen atoms in total. The first-order chi connectivity index (χ1) is 12.5. The topological polar surface area (TPSA) is 93.9 Å². The predicted octanol–water partition coefficient (Wildman–Crippen LogP) is 1.82. The van der Waals surface area contributed by atoms with E-state index in [1.54, 1.807) is 25.5 Å². The van der Waals surface area contributed by atoms with Crippen LogP contribution in [0.1, 0.15) is 12.5 Å². The van der Waals surface area contributed by atoms with E-state index in [1.807, 2.05) is 24.3 Å². The number of benzene rings is 1. The number of nitrogens with one attached hydrogen (secondary N) is 1. The molecule has 1 aliphatic heterocycles. The van der Waals surface area contributed by atoms with Crippen LogP contribution in [0.4, 0.5) is 0 Å². The maximum Gasteiger partial charge on any atom is 0.258 e. The molecule has 8 heteroatoms. The molecule has 3 aromatic rings. The maximum absolute atomic E-state index is 12.0. The molecule has 0 bridgehead atoms. The molecule has 0 saturated carbocycles. The second-order valence-corrected chi connectivity index (χ2v) is 7.17. The number of carbonyl (C=O) groups is 2. The molecule has 2 aromatic heterocycles. The quantitative estimate of drug-likeness (QED) is 0.760. The van der Waals surface area contributed by atoms with Gasteiger partial charge in [-0.25, -0.2) is 8.89 Å². The molecule has 1 unspecified atom stereocenters. The van der Waals surface area contributed by atoms with Crippen LogP contribution in [0.15, 0.2) is 48.9 Å². The Morgan fingerprint density at radius 1 is 1.19 bits per heavy atom. The average molecular weight is 366 g/mol. The second kappa shape index (κ2) is 6.30. The van der Waals surface area contributed by atoms with Crippen LogP contribution in [0.25, 0.3) is 27.1 Å². The van der Waals surface area contributed by atoms with E-state index in [4.69, 9.17) is 0 Å².